The highest BCUT2D eigenvalue weighted by Crippen LogP contribution is 2.59. The third kappa shape index (κ3) is 2.35. The van der Waals surface area contributed by atoms with E-state index in [0.29, 0.717) is 6.42 Å². The van der Waals surface area contributed by atoms with E-state index in [0.717, 1.165) is 48.8 Å². The van der Waals surface area contributed by atoms with Crippen molar-refractivity contribution in [3.05, 3.63) is 35.5 Å². The second-order valence-corrected chi connectivity index (χ2v) is 8.86. The van der Waals surface area contributed by atoms with Gasteiger partial charge in [0.25, 0.3) is 0 Å². The molecule has 4 rings (SSSR count). The molecule has 1 fully saturated rings. The molecule has 0 bridgehead atoms. The third-order valence-corrected chi connectivity index (χ3v) is 6.99. The summed E-state index contributed by atoms with van der Waals surface area (Å²) >= 11 is 3.61. The smallest absolute Gasteiger partial charge is 0.179 e. The number of aliphatic hydroxyl groups is 1. The molecule has 5 heteroatoms. The van der Waals surface area contributed by atoms with Gasteiger partial charge in [0.2, 0.25) is 0 Å². The molecule has 3 atom stereocenters. The number of halogens is 1. The minimum Gasteiger partial charge on any atom is -0.371 e. The van der Waals surface area contributed by atoms with E-state index < -0.39 is 5.72 Å². The van der Waals surface area contributed by atoms with Crippen molar-refractivity contribution in [3.8, 4) is 6.19 Å². The highest BCUT2D eigenvalue weighted by atomic mass is 79.9. The van der Waals surface area contributed by atoms with Crippen LogP contribution >= 0.6 is 15.9 Å². The first kappa shape index (κ1) is 17.9. The van der Waals surface area contributed by atoms with E-state index in [1.54, 1.807) is 0 Å². The molecule has 0 saturated carbocycles. The number of rotatable bonds is 3. The minimum atomic E-state index is -0.940. The van der Waals surface area contributed by atoms with Gasteiger partial charge in [0, 0.05) is 34.8 Å². The van der Waals surface area contributed by atoms with Gasteiger partial charge in [-0.25, -0.2) is 0 Å². The first-order valence-electron chi connectivity index (χ1n) is 9.56. The van der Waals surface area contributed by atoms with E-state index in [1.807, 2.05) is 17.9 Å². The number of hydrogen-bond acceptors (Lipinski definition) is 3. The fraction of sp³-hybridized carbons (Fsp3) is 0.571. The number of benzene rings is 1. The Kier molecular flexibility index (Phi) is 4.32. The molecular weight excluding hydrogens is 390 g/mol. The van der Waals surface area contributed by atoms with Crippen LogP contribution in [0.2, 0.25) is 0 Å². The molecular formula is C21H26BrN3O. The van der Waals surface area contributed by atoms with Gasteiger partial charge in [0.05, 0.1) is 11.6 Å². The zero-order valence-corrected chi connectivity index (χ0v) is 17.1. The number of para-hydroxylation sites is 1. The highest BCUT2D eigenvalue weighted by Gasteiger charge is 2.54. The van der Waals surface area contributed by atoms with E-state index in [2.05, 4.69) is 51.8 Å². The Morgan fingerprint density at radius 2 is 2.15 bits per heavy atom. The van der Waals surface area contributed by atoms with Gasteiger partial charge in [-0.05, 0) is 44.2 Å². The number of fused-ring (bicyclic) bond motifs is 5. The summed E-state index contributed by atoms with van der Waals surface area (Å²) in [7, 11) is 0. The zero-order chi connectivity index (χ0) is 18.5. The molecule has 0 radical (unpaired) electrons. The molecule has 1 aromatic heterocycles. The predicted molar refractivity (Wildman–Crippen MR) is 107 cm³/mol. The van der Waals surface area contributed by atoms with Crippen molar-refractivity contribution in [2.75, 3.05) is 11.9 Å². The van der Waals surface area contributed by atoms with Crippen LogP contribution in [0.25, 0.3) is 10.9 Å². The maximum Gasteiger partial charge on any atom is 0.179 e. The monoisotopic (exact) mass is 415 g/mol. The Morgan fingerprint density at radius 3 is 2.85 bits per heavy atom. The van der Waals surface area contributed by atoms with Gasteiger partial charge in [-0.3, -0.25) is 0 Å². The van der Waals surface area contributed by atoms with Gasteiger partial charge in [-0.1, -0.05) is 41.1 Å². The molecule has 0 spiro atoms. The molecule has 2 aliphatic heterocycles. The number of nitriles is 1. The Hall–Kier alpha value is -1.51. The van der Waals surface area contributed by atoms with Crippen molar-refractivity contribution in [2.24, 2.45) is 5.41 Å². The number of aryl methyl sites for hydroxylation is 1. The Morgan fingerprint density at radius 1 is 1.38 bits per heavy atom. The molecule has 0 aliphatic carbocycles. The van der Waals surface area contributed by atoms with E-state index in [4.69, 9.17) is 0 Å². The average molecular weight is 416 g/mol. The van der Waals surface area contributed by atoms with Gasteiger partial charge < -0.3 is 14.6 Å². The van der Waals surface area contributed by atoms with Crippen LogP contribution in [0.1, 0.15) is 56.8 Å². The van der Waals surface area contributed by atoms with Crippen LogP contribution in [0.15, 0.2) is 24.3 Å². The topological polar surface area (TPSA) is 52.2 Å². The molecule has 0 amide bonds. The summed E-state index contributed by atoms with van der Waals surface area (Å²) in [6.07, 6.45) is 7.12. The standard InChI is InChI=1S/C21H26BrN3O/c1-3-21-10-6-12-24(14-23)19(21)18-16(9-11-22)15-7-4-5-8-17(15)25(18)20(2,26)13-21/h4-5,7-8,19,26H,3,6,9-13H2,1-2H3/t19-,20-,21+/m1/s1. The fourth-order valence-corrected chi connectivity index (χ4v) is 6.06. The predicted octanol–water partition coefficient (Wildman–Crippen LogP) is 4.66. The van der Waals surface area contributed by atoms with E-state index in [9.17, 15) is 10.4 Å². The molecule has 4 nitrogen and oxygen atoms in total. The molecule has 2 aliphatic rings. The van der Waals surface area contributed by atoms with Crippen molar-refractivity contribution in [2.45, 2.75) is 57.7 Å². The molecule has 2 aromatic rings. The second-order valence-electron chi connectivity index (χ2n) is 8.06. The van der Waals surface area contributed by atoms with Crippen LogP contribution in [0.3, 0.4) is 0 Å². The molecule has 0 unspecified atom stereocenters. The van der Waals surface area contributed by atoms with Crippen LogP contribution in [0.5, 0.6) is 0 Å². The number of hydrogen-bond donors (Lipinski definition) is 1. The maximum atomic E-state index is 11.6. The van der Waals surface area contributed by atoms with Crippen molar-refractivity contribution < 1.29 is 5.11 Å². The first-order chi connectivity index (χ1) is 12.5. The van der Waals surface area contributed by atoms with Crippen molar-refractivity contribution in [1.29, 1.82) is 5.26 Å². The lowest BCUT2D eigenvalue weighted by atomic mass is 9.63. The van der Waals surface area contributed by atoms with Crippen LogP contribution in [0.4, 0.5) is 0 Å². The second kappa shape index (κ2) is 6.28. The van der Waals surface area contributed by atoms with Crippen LogP contribution in [-0.4, -0.2) is 26.4 Å². The molecule has 138 valence electrons. The van der Waals surface area contributed by atoms with E-state index in [1.165, 1.54) is 10.9 Å². The summed E-state index contributed by atoms with van der Waals surface area (Å²) in [5.74, 6) is 0. The van der Waals surface area contributed by atoms with Crippen LogP contribution in [-0.2, 0) is 12.1 Å². The largest absolute Gasteiger partial charge is 0.371 e. The van der Waals surface area contributed by atoms with Crippen LogP contribution < -0.4 is 0 Å². The van der Waals surface area contributed by atoms with Gasteiger partial charge >= 0.3 is 0 Å². The van der Waals surface area contributed by atoms with Crippen molar-refractivity contribution in [3.63, 3.8) is 0 Å². The summed E-state index contributed by atoms with van der Waals surface area (Å²) in [4.78, 5) is 1.98. The summed E-state index contributed by atoms with van der Waals surface area (Å²) in [5.41, 5.74) is 2.52. The molecule has 1 aromatic carbocycles. The zero-order valence-electron chi connectivity index (χ0n) is 15.5. The Balaban J connectivity index is 2.09. The first-order valence-corrected chi connectivity index (χ1v) is 10.7. The number of piperidine rings is 1. The lowest BCUT2D eigenvalue weighted by molar-refractivity contribution is -0.122. The summed E-state index contributed by atoms with van der Waals surface area (Å²) in [5, 5.41) is 23.5. The molecule has 1 saturated heterocycles. The van der Waals surface area contributed by atoms with E-state index >= 15 is 0 Å². The summed E-state index contributed by atoms with van der Waals surface area (Å²) in [6, 6.07) is 8.41. The van der Waals surface area contributed by atoms with Crippen molar-refractivity contribution in [1.82, 2.24) is 9.47 Å². The molecule has 26 heavy (non-hydrogen) atoms. The lowest BCUT2D eigenvalue weighted by Gasteiger charge is -2.55. The van der Waals surface area contributed by atoms with Gasteiger partial charge in [-0.2, -0.15) is 5.26 Å². The van der Waals surface area contributed by atoms with Gasteiger partial charge in [0.1, 0.15) is 5.72 Å². The maximum absolute atomic E-state index is 11.6. The van der Waals surface area contributed by atoms with Gasteiger partial charge in [-0.15, -0.1) is 0 Å². The Bertz CT molecular complexity index is 881. The summed E-state index contributed by atoms with van der Waals surface area (Å²) in [6.45, 7) is 4.96. The van der Waals surface area contributed by atoms with Gasteiger partial charge in [0.15, 0.2) is 6.19 Å². The summed E-state index contributed by atoms with van der Waals surface area (Å²) < 4.78 is 2.13. The van der Waals surface area contributed by atoms with E-state index in [-0.39, 0.29) is 11.5 Å². The lowest BCUT2D eigenvalue weighted by Crippen LogP contribution is -2.54. The SMILES string of the molecule is CC[C@@]12CCCN(C#N)[C@@H]1c1c(CCBr)c3ccccc3n1[C@](C)(O)C2. The minimum absolute atomic E-state index is 0.0490. The van der Waals surface area contributed by atoms with Crippen LogP contribution in [0, 0.1) is 16.9 Å². The Labute approximate surface area is 163 Å². The number of alkyl halides is 1. The normalized spacial score (nSPS) is 30.7. The number of aromatic nitrogens is 1. The average Bonchev–Trinajstić information content (AvgIpc) is 2.96. The molecule has 3 heterocycles. The number of nitrogens with zero attached hydrogens (tertiary/aromatic N) is 3. The number of likely N-dealkylation sites (tertiary alicyclic amines) is 1. The quantitative estimate of drug-likeness (QED) is 0.585. The highest BCUT2D eigenvalue weighted by molar-refractivity contribution is 9.09. The molecule has 1 N–H and O–H groups in total. The third-order valence-electron chi connectivity index (χ3n) is 6.59. The van der Waals surface area contributed by atoms with Crippen molar-refractivity contribution >= 4 is 26.8 Å². The fourth-order valence-electron chi connectivity index (χ4n) is 5.66.